The summed E-state index contributed by atoms with van der Waals surface area (Å²) in [4.78, 5) is 7.06. The van der Waals surface area contributed by atoms with Crippen LogP contribution in [0.1, 0.15) is 49.5 Å². The second-order valence-corrected chi connectivity index (χ2v) is 5.41. The summed E-state index contributed by atoms with van der Waals surface area (Å²) in [7, 11) is 0. The Balaban J connectivity index is 1.70. The molecule has 0 radical (unpaired) electrons. The molecule has 3 rings (SSSR count). The van der Waals surface area contributed by atoms with Crippen molar-refractivity contribution in [2.75, 3.05) is 13.1 Å². The average Bonchev–Trinajstić information content (AvgIpc) is 3.09. The SMILES string of the molecule is CCCN1CCCC1c1nc(Cc2ccccc2)no1. The molecule has 1 unspecified atom stereocenters. The third kappa shape index (κ3) is 2.90. The molecule has 0 saturated carbocycles. The summed E-state index contributed by atoms with van der Waals surface area (Å²) in [5.74, 6) is 1.58. The topological polar surface area (TPSA) is 42.2 Å². The van der Waals surface area contributed by atoms with Crippen molar-refractivity contribution in [2.24, 2.45) is 0 Å². The Labute approximate surface area is 119 Å². The second kappa shape index (κ2) is 6.18. The van der Waals surface area contributed by atoms with Crippen molar-refractivity contribution < 1.29 is 4.52 Å². The summed E-state index contributed by atoms with van der Waals surface area (Å²) < 4.78 is 5.49. The van der Waals surface area contributed by atoms with E-state index in [2.05, 4.69) is 34.1 Å². The molecular weight excluding hydrogens is 250 g/mol. The molecule has 20 heavy (non-hydrogen) atoms. The Hall–Kier alpha value is -1.68. The van der Waals surface area contributed by atoms with Gasteiger partial charge in [0.25, 0.3) is 0 Å². The van der Waals surface area contributed by atoms with Gasteiger partial charge in [0.05, 0.1) is 6.04 Å². The second-order valence-electron chi connectivity index (χ2n) is 5.41. The molecule has 1 aliphatic heterocycles. The van der Waals surface area contributed by atoms with Gasteiger partial charge in [-0.15, -0.1) is 0 Å². The van der Waals surface area contributed by atoms with Crippen LogP contribution < -0.4 is 0 Å². The summed E-state index contributed by atoms with van der Waals surface area (Å²) in [6.07, 6.45) is 4.26. The number of aromatic nitrogens is 2. The summed E-state index contributed by atoms with van der Waals surface area (Å²) >= 11 is 0. The van der Waals surface area contributed by atoms with Crippen molar-refractivity contribution in [2.45, 2.75) is 38.6 Å². The number of rotatable bonds is 5. The van der Waals surface area contributed by atoms with Crippen LogP contribution in [-0.4, -0.2) is 28.1 Å². The Kier molecular flexibility index (Phi) is 4.11. The monoisotopic (exact) mass is 271 g/mol. The minimum atomic E-state index is 0.326. The van der Waals surface area contributed by atoms with Gasteiger partial charge in [-0.1, -0.05) is 42.4 Å². The van der Waals surface area contributed by atoms with E-state index in [1.165, 1.54) is 18.4 Å². The van der Waals surface area contributed by atoms with E-state index in [0.29, 0.717) is 6.04 Å². The number of benzene rings is 1. The van der Waals surface area contributed by atoms with Crippen molar-refractivity contribution >= 4 is 0 Å². The predicted octanol–water partition coefficient (Wildman–Crippen LogP) is 3.21. The van der Waals surface area contributed by atoms with Crippen LogP contribution in [0.25, 0.3) is 0 Å². The average molecular weight is 271 g/mol. The summed E-state index contributed by atoms with van der Waals surface area (Å²) in [5, 5.41) is 4.14. The molecule has 0 bridgehead atoms. The van der Waals surface area contributed by atoms with Gasteiger partial charge in [-0.25, -0.2) is 0 Å². The van der Waals surface area contributed by atoms with Crippen molar-refractivity contribution in [3.63, 3.8) is 0 Å². The van der Waals surface area contributed by atoms with Gasteiger partial charge in [0.1, 0.15) is 0 Å². The summed E-state index contributed by atoms with van der Waals surface area (Å²) in [6.45, 7) is 4.47. The Bertz CT molecular complexity index is 538. The highest BCUT2D eigenvalue weighted by Gasteiger charge is 2.29. The maximum absolute atomic E-state index is 5.49. The normalized spacial score (nSPS) is 19.6. The van der Waals surface area contributed by atoms with Crippen LogP contribution in [0.4, 0.5) is 0 Å². The molecular formula is C16H21N3O. The van der Waals surface area contributed by atoms with E-state index in [-0.39, 0.29) is 0 Å². The van der Waals surface area contributed by atoms with Gasteiger partial charge in [0, 0.05) is 6.42 Å². The maximum Gasteiger partial charge on any atom is 0.244 e. The third-order valence-corrected chi connectivity index (χ3v) is 3.85. The van der Waals surface area contributed by atoms with E-state index in [1.54, 1.807) is 0 Å². The van der Waals surface area contributed by atoms with Gasteiger partial charge in [-0.2, -0.15) is 4.98 Å². The van der Waals surface area contributed by atoms with Crippen LogP contribution in [0.15, 0.2) is 34.9 Å². The fourth-order valence-corrected chi connectivity index (χ4v) is 2.91. The molecule has 0 aliphatic carbocycles. The fourth-order valence-electron chi connectivity index (χ4n) is 2.91. The van der Waals surface area contributed by atoms with Crippen LogP contribution in [-0.2, 0) is 6.42 Å². The molecule has 1 atom stereocenters. The molecule has 1 fully saturated rings. The van der Waals surface area contributed by atoms with Crippen molar-refractivity contribution in [3.8, 4) is 0 Å². The molecule has 4 heteroatoms. The first-order chi connectivity index (χ1) is 9.86. The Morgan fingerprint density at radius 3 is 2.95 bits per heavy atom. The van der Waals surface area contributed by atoms with E-state index < -0.39 is 0 Å². The van der Waals surface area contributed by atoms with Crippen LogP contribution in [0, 0.1) is 0 Å². The standard InChI is InChI=1S/C16H21N3O/c1-2-10-19-11-6-9-14(19)16-17-15(18-20-16)12-13-7-4-3-5-8-13/h3-5,7-8,14H,2,6,9-12H2,1H3. The smallest absolute Gasteiger partial charge is 0.244 e. The fraction of sp³-hybridized carbons (Fsp3) is 0.500. The zero-order valence-corrected chi connectivity index (χ0v) is 12.0. The highest BCUT2D eigenvalue weighted by Crippen LogP contribution is 2.30. The van der Waals surface area contributed by atoms with Gasteiger partial charge in [-0.3, -0.25) is 4.90 Å². The van der Waals surface area contributed by atoms with E-state index in [0.717, 1.165) is 37.6 Å². The third-order valence-electron chi connectivity index (χ3n) is 3.85. The molecule has 0 spiro atoms. The minimum Gasteiger partial charge on any atom is -0.338 e. The number of likely N-dealkylation sites (tertiary alicyclic amines) is 1. The summed E-state index contributed by atoms with van der Waals surface area (Å²) in [5.41, 5.74) is 1.22. The summed E-state index contributed by atoms with van der Waals surface area (Å²) in [6, 6.07) is 10.6. The van der Waals surface area contributed by atoms with Gasteiger partial charge < -0.3 is 4.52 Å². The van der Waals surface area contributed by atoms with Crippen LogP contribution in [0.3, 0.4) is 0 Å². The zero-order valence-electron chi connectivity index (χ0n) is 12.0. The molecule has 1 saturated heterocycles. The molecule has 2 heterocycles. The molecule has 0 amide bonds. The molecule has 0 N–H and O–H groups in total. The highest BCUT2D eigenvalue weighted by atomic mass is 16.5. The van der Waals surface area contributed by atoms with E-state index in [9.17, 15) is 0 Å². The highest BCUT2D eigenvalue weighted by molar-refractivity contribution is 5.18. The molecule has 1 aromatic heterocycles. The van der Waals surface area contributed by atoms with Gasteiger partial charge in [0.15, 0.2) is 5.82 Å². The van der Waals surface area contributed by atoms with E-state index >= 15 is 0 Å². The first-order valence-electron chi connectivity index (χ1n) is 7.47. The first kappa shape index (κ1) is 13.3. The molecule has 106 valence electrons. The number of nitrogens with zero attached hydrogens (tertiary/aromatic N) is 3. The molecule has 4 nitrogen and oxygen atoms in total. The van der Waals surface area contributed by atoms with E-state index in [1.807, 2.05) is 18.2 Å². The van der Waals surface area contributed by atoms with E-state index in [4.69, 9.17) is 4.52 Å². The van der Waals surface area contributed by atoms with Crippen molar-refractivity contribution in [1.29, 1.82) is 0 Å². The van der Waals surface area contributed by atoms with Crippen LogP contribution >= 0.6 is 0 Å². The Morgan fingerprint density at radius 1 is 1.30 bits per heavy atom. The van der Waals surface area contributed by atoms with Crippen LogP contribution in [0.2, 0.25) is 0 Å². The molecule has 1 aliphatic rings. The zero-order chi connectivity index (χ0) is 13.8. The van der Waals surface area contributed by atoms with Gasteiger partial charge in [-0.05, 0) is 37.9 Å². The lowest BCUT2D eigenvalue weighted by molar-refractivity contribution is 0.208. The maximum atomic E-state index is 5.49. The minimum absolute atomic E-state index is 0.326. The first-order valence-corrected chi connectivity index (χ1v) is 7.47. The molecule has 2 aromatic rings. The van der Waals surface area contributed by atoms with Crippen molar-refractivity contribution in [1.82, 2.24) is 15.0 Å². The van der Waals surface area contributed by atoms with Crippen molar-refractivity contribution in [3.05, 3.63) is 47.6 Å². The lowest BCUT2D eigenvalue weighted by atomic mass is 10.1. The lowest BCUT2D eigenvalue weighted by Crippen LogP contribution is -2.24. The van der Waals surface area contributed by atoms with Gasteiger partial charge in [0.2, 0.25) is 5.89 Å². The Morgan fingerprint density at radius 2 is 2.15 bits per heavy atom. The largest absolute Gasteiger partial charge is 0.338 e. The number of hydrogen-bond acceptors (Lipinski definition) is 4. The van der Waals surface area contributed by atoms with Crippen LogP contribution in [0.5, 0.6) is 0 Å². The predicted molar refractivity (Wildman–Crippen MR) is 77.4 cm³/mol. The number of hydrogen-bond donors (Lipinski definition) is 0. The van der Waals surface area contributed by atoms with Gasteiger partial charge >= 0.3 is 0 Å². The quantitative estimate of drug-likeness (QED) is 0.837. The lowest BCUT2D eigenvalue weighted by Gasteiger charge is -2.20. The molecule has 1 aromatic carbocycles.